The van der Waals surface area contributed by atoms with Crippen LogP contribution in [0.2, 0.25) is 5.02 Å². The van der Waals surface area contributed by atoms with Crippen molar-refractivity contribution in [3.8, 4) is 23.1 Å². The van der Waals surface area contributed by atoms with Gasteiger partial charge in [-0.1, -0.05) is 11.6 Å². The highest BCUT2D eigenvalue weighted by Gasteiger charge is 2.12. The van der Waals surface area contributed by atoms with Crippen molar-refractivity contribution in [1.82, 2.24) is 0 Å². The molecule has 0 spiro atoms. The number of benzene rings is 1. The molecule has 0 aliphatic carbocycles. The average Bonchev–Trinajstić information content (AvgIpc) is 2.32. The summed E-state index contributed by atoms with van der Waals surface area (Å²) in [6.07, 6.45) is 0. The Bertz CT molecular complexity index is 713. The van der Waals surface area contributed by atoms with Gasteiger partial charge in [-0.25, -0.2) is 4.79 Å². The molecule has 1 heterocycles. The maximum Gasteiger partial charge on any atom is 0.354 e. The molecule has 0 fully saturated rings. The fraction of sp³-hybridized carbons (Fsp3) is 0.0769. The van der Waals surface area contributed by atoms with Gasteiger partial charge in [0.05, 0.1) is 5.56 Å². The van der Waals surface area contributed by atoms with Crippen molar-refractivity contribution in [2.24, 2.45) is 0 Å². The first-order valence-electron chi connectivity index (χ1n) is 5.06. The molecule has 0 bridgehead atoms. The van der Waals surface area contributed by atoms with Crippen LogP contribution in [0.25, 0.3) is 11.3 Å². The maximum absolute atomic E-state index is 11.6. The molecule has 1 aromatic heterocycles. The molecule has 90 valence electrons. The zero-order valence-corrected chi connectivity index (χ0v) is 10.2. The first kappa shape index (κ1) is 12.2. The van der Waals surface area contributed by atoms with Crippen molar-refractivity contribution in [3.05, 3.63) is 50.8 Å². The highest BCUT2D eigenvalue weighted by molar-refractivity contribution is 6.30. The molecule has 1 aromatic carbocycles. The van der Waals surface area contributed by atoms with Crippen LogP contribution in [0, 0.1) is 18.3 Å². The molecule has 0 unspecified atom stereocenters. The number of nitrogens with zero attached hydrogens (tertiary/aromatic N) is 1. The number of halogens is 1. The molecule has 0 aliphatic heterocycles. The Kier molecular flexibility index (Phi) is 3.09. The number of phenolic OH excluding ortho intramolecular Hbond substituents is 1. The molecule has 5 heteroatoms. The van der Waals surface area contributed by atoms with Crippen LogP contribution >= 0.6 is 11.6 Å². The molecule has 1 N–H and O–H groups in total. The lowest BCUT2D eigenvalue weighted by atomic mass is 10.1. The lowest BCUT2D eigenvalue weighted by Crippen LogP contribution is -2.06. The Morgan fingerprint density at radius 2 is 2.11 bits per heavy atom. The Morgan fingerprint density at radius 3 is 2.72 bits per heavy atom. The van der Waals surface area contributed by atoms with E-state index in [-0.39, 0.29) is 17.1 Å². The van der Waals surface area contributed by atoms with Gasteiger partial charge in [0.25, 0.3) is 0 Å². The summed E-state index contributed by atoms with van der Waals surface area (Å²) < 4.78 is 5.01. The fourth-order valence-electron chi connectivity index (χ4n) is 1.58. The Labute approximate surface area is 108 Å². The fourth-order valence-corrected chi connectivity index (χ4v) is 1.75. The monoisotopic (exact) mass is 261 g/mol. The van der Waals surface area contributed by atoms with Crippen LogP contribution in [0.4, 0.5) is 0 Å². The van der Waals surface area contributed by atoms with Crippen molar-refractivity contribution >= 4 is 11.6 Å². The van der Waals surface area contributed by atoms with Crippen LogP contribution in [-0.4, -0.2) is 5.11 Å². The summed E-state index contributed by atoms with van der Waals surface area (Å²) in [7, 11) is 0. The van der Waals surface area contributed by atoms with Crippen LogP contribution in [0.15, 0.2) is 33.5 Å². The van der Waals surface area contributed by atoms with E-state index in [9.17, 15) is 9.90 Å². The first-order chi connectivity index (χ1) is 8.52. The standard InChI is InChI=1S/C13H8ClNO3/c1-7-4-12(18-13(17)10(7)6-15)9-5-8(14)2-3-11(9)16/h2-5,16H,1H3. The summed E-state index contributed by atoms with van der Waals surface area (Å²) in [5, 5.41) is 18.9. The van der Waals surface area contributed by atoms with E-state index in [4.69, 9.17) is 21.3 Å². The molecule has 2 rings (SSSR count). The van der Waals surface area contributed by atoms with Gasteiger partial charge in [-0.2, -0.15) is 5.26 Å². The van der Waals surface area contributed by atoms with Gasteiger partial charge in [-0.15, -0.1) is 0 Å². The number of nitriles is 1. The largest absolute Gasteiger partial charge is 0.507 e. The minimum absolute atomic E-state index is 0.0414. The molecule has 0 radical (unpaired) electrons. The number of aromatic hydroxyl groups is 1. The van der Waals surface area contributed by atoms with Crippen LogP contribution in [0.1, 0.15) is 11.1 Å². The molecule has 0 saturated heterocycles. The van der Waals surface area contributed by atoms with Crippen molar-refractivity contribution < 1.29 is 9.52 Å². The van der Waals surface area contributed by atoms with Crippen LogP contribution in [0.3, 0.4) is 0 Å². The van der Waals surface area contributed by atoms with Crippen LogP contribution in [-0.2, 0) is 0 Å². The van der Waals surface area contributed by atoms with Gasteiger partial charge >= 0.3 is 5.63 Å². The number of hydrogen-bond acceptors (Lipinski definition) is 4. The van der Waals surface area contributed by atoms with Crippen molar-refractivity contribution in [2.45, 2.75) is 6.92 Å². The second-order valence-corrected chi connectivity index (χ2v) is 4.17. The lowest BCUT2D eigenvalue weighted by Gasteiger charge is -2.05. The third-order valence-corrected chi connectivity index (χ3v) is 2.72. The molecule has 0 aliphatic rings. The normalized spacial score (nSPS) is 10.1. The smallest absolute Gasteiger partial charge is 0.354 e. The first-order valence-corrected chi connectivity index (χ1v) is 5.44. The number of aryl methyl sites for hydroxylation is 1. The summed E-state index contributed by atoms with van der Waals surface area (Å²) in [4.78, 5) is 11.6. The van der Waals surface area contributed by atoms with Crippen LogP contribution < -0.4 is 5.63 Å². The molecule has 0 saturated carbocycles. The number of hydrogen-bond donors (Lipinski definition) is 1. The topological polar surface area (TPSA) is 74.2 Å². The second kappa shape index (κ2) is 4.55. The van der Waals surface area contributed by atoms with Crippen molar-refractivity contribution in [3.63, 3.8) is 0 Å². The van der Waals surface area contributed by atoms with Crippen molar-refractivity contribution in [2.75, 3.05) is 0 Å². The van der Waals surface area contributed by atoms with Gasteiger partial charge < -0.3 is 9.52 Å². The van der Waals surface area contributed by atoms with E-state index in [0.29, 0.717) is 16.1 Å². The summed E-state index contributed by atoms with van der Waals surface area (Å²) >= 11 is 5.82. The van der Waals surface area contributed by atoms with Gasteiger partial charge in [0.2, 0.25) is 0 Å². The van der Waals surface area contributed by atoms with Gasteiger partial charge in [-0.3, -0.25) is 0 Å². The van der Waals surface area contributed by atoms with E-state index >= 15 is 0 Å². The van der Waals surface area contributed by atoms with Gasteiger partial charge in [0, 0.05) is 5.02 Å². The average molecular weight is 262 g/mol. The third-order valence-electron chi connectivity index (χ3n) is 2.48. The quantitative estimate of drug-likeness (QED) is 0.856. The van der Waals surface area contributed by atoms with E-state index in [1.807, 2.05) is 0 Å². The van der Waals surface area contributed by atoms with E-state index in [1.165, 1.54) is 24.3 Å². The predicted octanol–water partition coefficient (Wildman–Crippen LogP) is 2.85. The summed E-state index contributed by atoms with van der Waals surface area (Å²) in [6.45, 7) is 1.63. The van der Waals surface area contributed by atoms with Crippen LogP contribution in [0.5, 0.6) is 5.75 Å². The Balaban J connectivity index is 2.70. The summed E-state index contributed by atoms with van der Waals surface area (Å²) in [6, 6.07) is 7.71. The van der Waals surface area contributed by atoms with E-state index in [0.717, 1.165) is 0 Å². The second-order valence-electron chi connectivity index (χ2n) is 3.73. The van der Waals surface area contributed by atoms with E-state index < -0.39 is 5.63 Å². The summed E-state index contributed by atoms with van der Waals surface area (Å²) in [5.41, 5.74) is 0.0301. The molecular weight excluding hydrogens is 254 g/mol. The minimum Gasteiger partial charge on any atom is -0.507 e. The molecule has 2 aromatic rings. The Hall–Kier alpha value is -2.25. The highest BCUT2D eigenvalue weighted by atomic mass is 35.5. The van der Waals surface area contributed by atoms with Crippen molar-refractivity contribution in [1.29, 1.82) is 5.26 Å². The number of rotatable bonds is 1. The van der Waals surface area contributed by atoms with Gasteiger partial charge in [0.15, 0.2) is 0 Å². The molecule has 0 atom stereocenters. The zero-order valence-electron chi connectivity index (χ0n) is 9.40. The lowest BCUT2D eigenvalue weighted by molar-refractivity contribution is 0.469. The predicted molar refractivity (Wildman–Crippen MR) is 66.5 cm³/mol. The molecule has 4 nitrogen and oxygen atoms in total. The molecule has 0 amide bonds. The highest BCUT2D eigenvalue weighted by Crippen LogP contribution is 2.31. The SMILES string of the molecule is Cc1cc(-c2cc(Cl)ccc2O)oc(=O)c1C#N. The third kappa shape index (κ3) is 2.08. The van der Waals surface area contributed by atoms with E-state index in [1.54, 1.807) is 13.0 Å². The molecule has 18 heavy (non-hydrogen) atoms. The van der Waals surface area contributed by atoms with E-state index in [2.05, 4.69) is 0 Å². The zero-order chi connectivity index (χ0) is 13.3. The summed E-state index contributed by atoms with van der Waals surface area (Å²) in [5.74, 6) is 0.128. The van der Waals surface area contributed by atoms with Gasteiger partial charge in [-0.05, 0) is 36.8 Å². The maximum atomic E-state index is 11.6. The Morgan fingerprint density at radius 1 is 1.39 bits per heavy atom. The number of phenols is 1. The van der Waals surface area contributed by atoms with Gasteiger partial charge in [0.1, 0.15) is 23.1 Å². The molecular formula is C13H8ClNO3. The minimum atomic E-state index is -0.730.